The van der Waals surface area contributed by atoms with Crippen LogP contribution in [0.3, 0.4) is 0 Å². The van der Waals surface area contributed by atoms with E-state index in [9.17, 15) is 10.2 Å². The van der Waals surface area contributed by atoms with Crippen LogP contribution in [0.5, 0.6) is 23.0 Å². The quantitative estimate of drug-likeness (QED) is 0.598. The fourth-order valence-corrected chi connectivity index (χ4v) is 3.08. The Morgan fingerprint density at radius 2 is 1.68 bits per heavy atom. The summed E-state index contributed by atoms with van der Waals surface area (Å²) in [6, 6.07) is 6.80. The molecule has 1 heterocycles. The molecule has 0 amide bonds. The van der Waals surface area contributed by atoms with Crippen molar-refractivity contribution in [2.24, 2.45) is 0 Å². The number of phenols is 1. The second-order valence-corrected chi connectivity index (χ2v) is 6.32. The maximum Gasteiger partial charge on any atom is 0.165 e. The lowest BCUT2D eigenvalue weighted by Crippen LogP contribution is -2.06. The van der Waals surface area contributed by atoms with Gasteiger partial charge in [0.25, 0.3) is 0 Å². The molecule has 28 heavy (non-hydrogen) atoms. The zero-order chi connectivity index (χ0) is 20.3. The van der Waals surface area contributed by atoms with Crippen LogP contribution in [0.25, 0.3) is 17.2 Å². The molecule has 0 aliphatic carbocycles. The van der Waals surface area contributed by atoms with Gasteiger partial charge in [0.2, 0.25) is 0 Å². The molecule has 1 fully saturated rings. The first kappa shape index (κ1) is 20.0. The summed E-state index contributed by atoms with van der Waals surface area (Å²) in [5.41, 5.74) is 2.28. The summed E-state index contributed by atoms with van der Waals surface area (Å²) in [6.45, 7) is 0.395. The van der Waals surface area contributed by atoms with E-state index in [1.165, 1.54) is 21.3 Å². The topological polar surface area (TPSA) is 101 Å². The molecule has 1 aliphatic heterocycles. The molecule has 1 saturated heterocycles. The molecule has 0 radical (unpaired) electrons. The average Bonchev–Trinajstić information content (AvgIpc) is 3.56. The Kier molecular flexibility index (Phi) is 6.08. The van der Waals surface area contributed by atoms with Crippen molar-refractivity contribution in [2.45, 2.75) is 12.2 Å². The van der Waals surface area contributed by atoms with Gasteiger partial charge in [0.15, 0.2) is 11.5 Å². The molecule has 2 atom stereocenters. The number of hydrogen-bond donors (Lipinski definition) is 3. The monoisotopic (exact) mass is 388 g/mol. The van der Waals surface area contributed by atoms with E-state index in [-0.39, 0.29) is 24.2 Å². The molecular weight excluding hydrogens is 364 g/mol. The summed E-state index contributed by atoms with van der Waals surface area (Å²) in [4.78, 5) is 0. The minimum atomic E-state index is -0.793. The molecule has 7 nitrogen and oxygen atoms in total. The van der Waals surface area contributed by atoms with Crippen LogP contribution in [0.2, 0.25) is 0 Å². The third-order valence-electron chi connectivity index (χ3n) is 4.58. The summed E-state index contributed by atoms with van der Waals surface area (Å²) in [6.07, 6.45) is 2.27. The van der Waals surface area contributed by atoms with Crippen molar-refractivity contribution in [1.29, 1.82) is 0 Å². The lowest BCUT2D eigenvalue weighted by Gasteiger charge is -2.19. The molecule has 2 aromatic carbocycles. The second kappa shape index (κ2) is 8.52. The molecule has 2 aromatic rings. The standard InChI is InChI=1S/C21H24O7/c1-25-15-9-13(20(23)18-11-28-18)10-16(26-2)19(15)14-7-12(5-4-6-22)8-17(27-3)21(14)24/h4-5,7-10,18,20,22-24H,6,11H2,1-3H3. The summed E-state index contributed by atoms with van der Waals surface area (Å²) in [7, 11) is 4.47. The highest BCUT2D eigenvalue weighted by molar-refractivity contribution is 5.85. The molecule has 0 saturated carbocycles. The van der Waals surface area contributed by atoms with E-state index < -0.39 is 6.10 Å². The Morgan fingerprint density at radius 3 is 2.18 bits per heavy atom. The Morgan fingerprint density at radius 1 is 1.07 bits per heavy atom. The fourth-order valence-electron chi connectivity index (χ4n) is 3.08. The lowest BCUT2D eigenvalue weighted by molar-refractivity contribution is 0.136. The molecule has 7 heteroatoms. The molecule has 3 rings (SSSR count). The van der Waals surface area contributed by atoms with Gasteiger partial charge in [0.05, 0.1) is 40.1 Å². The zero-order valence-corrected chi connectivity index (χ0v) is 16.0. The second-order valence-electron chi connectivity index (χ2n) is 6.32. The number of hydrogen-bond acceptors (Lipinski definition) is 7. The van der Waals surface area contributed by atoms with E-state index in [1.54, 1.807) is 36.4 Å². The van der Waals surface area contributed by atoms with Gasteiger partial charge in [-0.1, -0.05) is 12.2 Å². The molecular formula is C21H24O7. The van der Waals surface area contributed by atoms with Crippen molar-refractivity contribution in [3.8, 4) is 34.1 Å². The third kappa shape index (κ3) is 3.91. The number of epoxide rings is 1. The van der Waals surface area contributed by atoms with Gasteiger partial charge < -0.3 is 34.3 Å². The van der Waals surface area contributed by atoms with Gasteiger partial charge in [-0.25, -0.2) is 0 Å². The number of phenolic OH excluding ortho intramolecular Hbond substituents is 1. The van der Waals surface area contributed by atoms with E-state index in [1.807, 2.05) is 0 Å². The van der Waals surface area contributed by atoms with Gasteiger partial charge in [0.1, 0.15) is 23.7 Å². The number of aliphatic hydroxyl groups is 2. The number of aromatic hydroxyl groups is 1. The van der Waals surface area contributed by atoms with Gasteiger partial charge in [0, 0.05) is 5.56 Å². The van der Waals surface area contributed by atoms with Gasteiger partial charge in [-0.05, 0) is 35.4 Å². The average molecular weight is 388 g/mol. The maximum atomic E-state index is 10.7. The maximum absolute atomic E-state index is 10.7. The zero-order valence-electron chi connectivity index (χ0n) is 16.0. The lowest BCUT2D eigenvalue weighted by atomic mass is 9.95. The predicted octanol–water partition coefficient (Wildman–Crippen LogP) is 2.52. The van der Waals surface area contributed by atoms with Crippen LogP contribution >= 0.6 is 0 Å². The highest BCUT2D eigenvalue weighted by Crippen LogP contribution is 2.48. The highest BCUT2D eigenvalue weighted by atomic mass is 16.6. The molecule has 0 aromatic heterocycles. The summed E-state index contributed by atoms with van der Waals surface area (Å²) >= 11 is 0. The van der Waals surface area contributed by atoms with E-state index in [0.717, 1.165) is 5.56 Å². The summed E-state index contributed by atoms with van der Waals surface area (Å²) in [5.74, 6) is 1.05. The first-order chi connectivity index (χ1) is 13.5. The van der Waals surface area contributed by atoms with Crippen molar-refractivity contribution in [1.82, 2.24) is 0 Å². The van der Waals surface area contributed by atoms with Crippen molar-refractivity contribution < 1.29 is 34.3 Å². The molecule has 0 bridgehead atoms. The van der Waals surface area contributed by atoms with Crippen LogP contribution in [0.4, 0.5) is 0 Å². The van der Waals surface area contributed by atoms with Crippen molar-refractivity contribution >= 4 is 6.08 Å². The Labute approximate surface area is 163 Å². The summed E-state index contributed by atoms with van der Waals surface area (Å²) in [5, 5.41) is 30.2. The number of methoxy groups -OCH3 is 3. The van der Waals surface area contributed by atoms with Gasteiger partial charge in [-0.15, -0.1) is 0 Å². The van der Waals surface area contributed by atoms with Crippen molar-refractivity contribution in [2.75, 3.05) is 34.5 Å². The molecule has 1 aliphatic rings. The molecule has 0 spiro atoms. The Bertz CT molecular complexity index is 846. The third-order valence-corrected chi connectivity index (χ3v) is 4.58. The Balaban J connectivity index is 2.20. The normalized spacial score (nSPS) is 16.8. The predicted molar refractivity (Wildman–Crippen MR) is 104 cm³/mol. The van der Waals surface area contributed by atoms with Crippen LogP contribution in [0.1, 0.15) is 17.2 Å². The van der Waals surface area contributed by atoms with E-state index in [4.69, 9.17) is 24.1 Å². The summed E-state index contributed by atoms with van der Waals surface area (Å²) < 4.78 is 21.5. The number of aliphatic hydroxyl groups excluding tert-OH is 2. The van der Waals surface area contributed by atoms with E-state index in [2.05, 4.69) is 0 Å². The Hall–Kier alpha value is -2.74. The van der Waals surface area contributed by atoms with Crippen LogP contribution in [0.15, 0.2) is 30.3 Å². The van der Waals surface area contributed by atoms with Gasteiger partial charge in [-0.2, -0.15) is 0 Å². The van der Waals surface area contributed by atoms with E-state index in [0.29, 0.717) is 34.8 Å². The molecule has 3 N–H and O–H groups in total. The van der Waals surface area contributed by atoms with Crippen molar-refractivity contribution in [3.05, 3.63) is 41.5 Å². The number of rotatable bonds is 8. The fraction of sp³-hybridized carbons (Fsp3) is 0.333. The van der Waals surface area contributed by atoms with Crippen LogP contribution in [0, 0.1) is 0 Å². The van der Waals surface area contributed by atoms with E-state index >= 15 is 0 Å². The molecule has 150 valence electrons. The largest absolute Gasteiger partial charge is 0.504 e. The van der Waals surface area contributed by atoms with Crippen LogP contribution in [-0.2, 0) is 4.74 Å². The van der Waals surface area contributed by atoms with Gasteiger partial charge >= 0.3 is 0 Å². The first-order valence-electron chi connectivity index (χ1n) is 8.78. The first-order valence-corrected chi connectivity index (χ1v) is 8.78. The van der Waals surface area contributed by atoms with Crippen molar-refractivity contribution in [3.63, 3.8) is 0 Å². The minimum Gasteiger partial charge on any atom is -0.504 e. The smallest absolute Gasteiger partial charge is 0.165 e. The highest BCUT2D eigenvalue weighted by Gasteiger charge is 2.34. The number of benzene rings is 2. The molecule has 2 unspecified atom stereocenters. The van der Waals surface area contributed by atoms with Gasteiger partial charge in [-0.3, -0.25) is 0 Å². The van der Waals surface area contributed by atoms with Crippen LogP contribution < -0.4 is 14.2 Å². The SMILES string of the molecule is COc1cc(C=CCO)cc(-c2c(OC)cc(C(O)C3CO3)cc2OC)c1O. The van der Waals surface area contributed by atoms with Crippen LogP contribution in [-0.4, -0.2) is 56.0 Å². The number of ether oxygens (including phenoxy) is 4. The minimum absolute atomic E-state index is 0.0703.